The molecule has 0 bridgehead atoms. The van der Waals surface area contributed by atoms with Crippen LogP contribution >= 0.6 is 23.2 Å². The summed E-state index contributed by atoms with van der Waals surface area (Å²) in [6.07, 6.45) is -0.849. The molecule has 0 amide bonds. The molecule has 3 aromatic rings. The van der Waals surface area contributed by atoms with Crippen molar-refractivity contribution in [3.8, 4) is 0 Å². The zero-order chi connectivity index (χ0) is 20.9. The summed E-state index contributed by atoms with van der Waals surface area (Å²) in [5, 5.41) is 0.983. The lowest BCUT2D eigenvalue weighted by atomic mass is 10.0. The van der Waals surface area contributed by atoms with Crippen molar-refractivity contribution < 1.29 is 13.2 Å². The number of benzene rings is 2. The lowest BCUT2D eigenvalue weighted by Gasteiger charge is -2.35. The minimum Gasteiger partial charge on any atom is -0.340 e. The molecule has 4 nitrogen and oxygen atoms in total. The molecule has 1 aromatic heterocycles. The Labute approximate surface area is 176 Å². The summed E-state index contributed by atoms with van der Waals surface area (Å²) in [6.45, 7) is 2.50. The SMILES string of the molecule is C[C@@H](c1cc(Cl)ccc1Cl)n1c(N2CCC(F)C(N)C2)nc2cc(F)c(F)cc21. The molecule has 0 saturated carbocycles. The highest BCUT2D eigenvalue weighted by molar-refractivity contribution is 6.33. The van der Waals surface area contributed by atoms with Gasteiger partial charge in [0.25, 0.3) is 0 Å². The van der Waals surface area contributed by atoms with Crippen LogP contribution in [0.5, 0.6) is 0 Å². The van der Waals surface area contributed by atoms with Gasteiger partial charge in [-0.1, -0.05) is 23.2 Å². The molecule has 1 fully saturated rings. The van der Waals surface area contributed by atoms with Crippen LogP contribution < -0.4 is 10.6 Å². The monoisotopic (exact) mass is 442 g/mol. The molecule has 3 atom stereocenters. The van der Waals surface area contributed by atoms with Crippen molar-refractivity contribution >= 4 is 40.2 Å². The average molecular weight is 443 g/mol. The fourth-order valence-electron chi connectivity index (χ4n) is 3.79. The van der Waals surface area contributed by atoms with Crippen LogP contribution in [0, 0.1) is 11.6 Å². The van der Waals surface area contributed by atoms with Crippen LogP contribution in [0.25, 0.3) is 11.0 Å². The van der Waals surface area contributed by atoms with Gasteiger partial charge in [0.1, 0.15) is 6.17 Å². The summed E-state index contributed by atoms with van der Waals surface area (Å²) in [5.74, 6) is -1.51. The van der Waals surface area contributed by atoms with Gasteiger partial charge in [-0.05, 0) is 37.1 Å². The quantitative estimate of drug-likeness (QED) is 0.613. The number of nitrogens with zero attached hydrogens (tertiary/aromatic N) is 3. The molecule has 29 heavy (non-hydrogen) atoms. The van der Waals surface area contributed by atoms with Gasteiger partial charge in [0.15, 0.2) is 11.6 Å². The van der Waals surface area contributed by atoms with Gasteiger partial charge in [0.2, 0.25) is 5.95 Å². The molecular weight excluding hydrogens is 424 g/mol. The van der Waals surface area contributed by atoms with Crippen molar-refractivity contribution in [2.45, 2.75) is 31.6 Å². The summed E-state index contributed by atoms with van der Waals surface area (Å²) in [5.41, 5.74) is 7.31. The van der Waals surface area contributed by atoms with E-state index in [1.54, 1.807) is 22.8 Å². The van der Waals surface area contributed by atoms with E-state index in [1.165, 1.54) is 0 Å². The van der Waals surface area contributed by atoms with Crippen molar-refractivity contribution in [3.63, 3.8) is 0 Å². The molecule has 0 aliphatic carbocycles. The zero-order valence-electron chi connectivity index (χ0n) is 15.5. The van der Waals surface area contributed by atoms with Gasteiger partial charge in [0.05, 0.1) is 23.1 Å². The number of aromatic nitrogens is 2. The smallest absolute Gasteiger partial charge is 0.207 e. The first-order valence-electron chi connectivity index (χ1n) is 9.22. The molecule has 2 unspecified atom stereocenters. The number of hydrogen-bond donors (Lipinski definition) is 1. The molecule has 2 heterocycles. The van der Waals surface area contributed by atoms with E-state index >= 15 is 0 Å². The van der Waals surface area contributed by atoms with Crippen molar-refractivity contribution in [2.75, 3.05) is 18.0 Å². The van der Waals surface area contributed by atoms with Gasteiger partial charge in [-0.15, -0.1) is 0 Å². The van der Waals surface area contributed by atoms with Crippen molar-refractivity contribution in [1.29, 1.82) is 0 Å². The number of hydrogen-bond acceptors (Lipinski definition) is 3. The van der Waals surface area contributed by atoms with E-state index in [9.17, 15) is 13.2 Å². The van der Waals surface area contributed by atoms with Crippen LogP contribution in [0.2, 0.25) is 10.0 Å². The van der Waals surface area contributed by atoms with Crippen molar-refractivity contribution in [3.05, 3.63) is 57.6 Å². The molecule has 154 valence electrons. The normalized spacial score (nSPS) is 21.0. The topological polar surface area (TPSA) is 47.1 Å². The number of piperidine rings is 1. The lowest BCUT2D eigenvalue weighted by Crippen LogP contribution is -2.50. The minimum absolute atomic E-state index is 0.242. The average Bonchev–Trinajstić information content (AvgIpc) is 3.04. The Hall–Kier alpha value is -1.96. The maximum Gasteiger partial charge on any atom is 0.207 e. The van der Waals surface area contributed by atoms with Crippen LogP contribution in [-0.2, 0) is 0 Å². The van der Waals surface area contributed by atoms with E-state index in [2.05, 4.69) is 4.98 Å². The van der Waals surface area contributed by atoms with Gasteiger partial charge in [-0.25, -0.2) is 18.2 Å². The second kappa shape index (κ2) is 7.70. The summed E-state index contributed by atoms with van der Waals surface area (Å²) in [6, 6.07) is 6.17. The molecule has 9 heteroatoms. The number of alkyl halides is 1. The van der Waals surface area contributed by atoms with Crippen LogP contribution in [0.15, 0.2) is 30.3 Å². The summed E-state index contributed by atoms with van der Waals surface area (Å²) in [4.78, 5) is 6.36. The fourth-order valence-corrected chi connectivity index (χ4v) is 4.25. The largest absolute Gasteiger partial charge is 0.340 e. The third-order valence-electron chi connectivity index (χ3n) is 5.36. The van der Waals surface area contributed by atoms with Gasteiger partial charge in [-0.2, -0.15) is 0 Å². The van der Waals surface area contributed by atoms with Crippen LogP contribution in [0.3, 0.4) is 0 Å². The second-order valence-corrected chi connectivity index (χ2v) is 8.14. The molecule has 2 aromatic carbocycles. The number of fused-ring (bicyclic) bond motifs is 1. The van der Waals surface area contributed by atoms with E-state index in [0.717, 1.165) is 12.1 Å². The Morgan fingerprint density at radius 2 is 1.90 bits per heavy atom. The van der Waals surface area contributed by atoms with Gasteiger partial charge in [0, 0.05) is 35.3 Å². The Morgan fingerprint density at radius 3 is 2.62 bits per heavy atom. The predicted molar refractivity (Wildman–Crippen MR) is 110 cm³/mol. The first-order chi connectivity index (χ1) is 13.8. The van der Waals surface area contributed by atoms with E-state index in [-0.39, 0.29) is 13.0 Å². The highest BCUT2D eigenvalue weighted by Crippen LogP contribution is 2.36. The fraction of sp³-hybridized carbons (Fsp3) is 0.350. The number of imidazole rings is 1. The standard InChI is InChI=1S/C20H19Cl2F3N4/c1-10(12-6-11(21)2-3-13(12)22)29-19-8-16(25)15(24)7-18(19)27-20(29)28-5-4-14(23)17(26)9-28/h2-3,6-8,10,14,17H,4-5,9,26H2,1H3/t10-,14?,17?/m0/s1. The van der Waals surface area contributed by atoms with Crippen LogP contribution in [-0.4, -0.2) is 34.9 Å². The Bertz CT molecular complexity index is 1070. The lowest BCUT2D eigenvalue weighted by molar-refractivity contribution is 0.243. The predicted octanol–water partition coefficient (Wildman–Crippen LogP) is 5.11. The van der Waals surface area contributed by atoms with Crippen LogP contribution in [0.4, 0.5) is 19.1 Å². The highest BCUT2D eigenvalue weighted by atomic mass is 35.5. The van der Waals surface area contributed by atoms with Gasteiger partial charge >= 0.3 is 0 Å². The third kappa shape index (κ3) is 3.67. The molecule has 1 saturated heterocycles. The van der Waals surface area contributed by atoms with Gasteiger partial charge in [-0.3, -0.25) is 0 Å². The Morgan fingerprint density at radius 1 is 1.17 bits per heavy atom. The molecule has 0 spiro atoms. The second-order valence-electron chi connectivity index (χ2n) is 7.29. The summed E-state index contributed by atoms with van der Waals surface area (Å²) >= 11 is 12.5. The third-order valence-corrected chi connectivity index (χ3v) is 5.94. The first-order valence-corrected chi connectivity index (χ1v) is 9.98. The maximum absolute atomic E-state index is 14.1. The number of rotatable bonds is 3. The minimum atomic E-state index is -1.10. The first kappa shape index (κ1) is 20.3. The number of nitrogens with two attached hydrogens (primary N) is 1. The summed E-state index contributed by atoms with van der Waals surface area (Å²) < 4.78 is 43.5. The zero-order valence-corrected chi connectivity index (χ0v) is 17.1. The van der Waals surface area contributed by atoms with E-state index in [1.807, 2.05) is 11.8 Å². The molecular formula is C20H19Cl2F3N4. The summed E-state index contributed by atoms with van der Waals surface area (Å²) in [7, 11) is 0. The maximum atomic E-state index is 14.1. The Balaban J connectivity index is 1.90. The number of anilines is 1. The molecule has 1 aliphatic heterocycles. The highest BCUT2D eigenvalue weighted by Gasteiger charge is 2.31. The van der Waals surface area contributed by atoms with Crippen molar-refractivity contribution in [2.24, 2.45) is 5.73 Å². The van der Waals surface area contributed by atoms with Crippen molar-refractivity contribution in [1.82, 2.24) is 9.55 Å². The molecule has 4 rings (SSSR count). The Kier molecular flexibility index (Phi) is 5.40. The van der Waals surface area contributed by atoms with E-state index in [4.69, 9.17) is 28.9 Å². The van der Waals surface area contributed by atoms with E-state index < -0.39 is 29.9 Å². The van der Waals surface area contributed by atoms with Crippen LogP contribution in [0.1, 0.15) is 24.9 Å². The molecule has 1 aliphatic rings. The molecule has 0 radical (unpaired) electrons. The van der Waals surface area contributed by atoms with Gasteiger partial charge < -0.3 is 15.2 Å². The van der Waals surface area contributed by atoms with E-state index in [0.29, 0.717) is 39.1 Å². The molecule has 2 N–H and O–H groups in total. The number of halogens is 5.